The lowest BCUT2D eigenvalue weighted by Crippen LogP contribution is -2.22. The highest BCUT2D eigenvalue weighted by atomic mass is 16.1. The molecule has 0 saturated carbocycles. The molecule has 0 atom stereocenters. The average molecular weight is 200 g/mol. The molecular formula is C10H8N4O. The van der Waals surface area contributed by atoms with Crippen molar-refractivity contribution in [2.75, 3.05) is 11.9 Å². The minimum Gasteiger partial charge on any atom is -0.375 e. The van der Waals surface area contributed by atoms with E-state index < -0.39 is 5.91 Å². The van der Waals surface area contributed by atoms with Crippen LogP contribution < -0.4 is 11.1 Å². The number of primary amides is 1. The SMILES string of the molecule is N#Cc1cccc(NCC(N)=O)c1C#N. The number of anilines is 1. The molecule has 0 heterocycles. The van der Waals surface area contributed by atoms with Gasteiger partial charge in [-0.15, -0.1) is 0 Å². The molecule has 0 aliphatic rings. The number of carbonyl (C=O) groups excluding carboxylic acids is 1. The zero-order valence-corrected chi connectivity index (χ0v) is 7.82. The zero-order chi connectivity index (χ0) is 11.3. The molecule has 1 amide bonds. The highest BCUT2D eigenvalue weighted by Crippen LogP contribution is 2.17. The summed E-state index contributed by atoms with van der Waals surface area (Å²) in [6.45, 7) is -0.0659. The van der Waals surface area contributed by atoms with Crippen LogP contribution in [0.4, 0.5) is 5.69 Å². The van der Waals surface area contributed by atoms with Crippen molar-refractivity contribution in [2.45, 2.75) is 0 Å². The number of hydrogen-bond donors (Lipinski definition) is 2. The molecule has 1 aromatic rings. The van der Waals surface area contributed by atoms with Crippen molar-refractivity contribution in [3.8, 4) is 12.1 Å². The van der Waals surface area contributed by atoms with E-state index in [1.807, 2.05) is 12.1 Å². The van der Waals surface area contributed by atoms with Crippen LogP contribution in [0.25, 0.3) is 0 Å². The molecule has 0 aliphatic heterocycles. The molecule has 5 nitrogen and oxygen atoms in total. The third-order valence-corrected chi connectivity index (χ3v) is 1.75. The van der Waals surface area contributed by atoms with E-state index in [2.05, 4.69) is 5.32 Å². The van der Waals surface area contributed by atoms with Crippen LogP contribution in [0.5, 0.6) is 0 Å². The smallest absolute Gasteiger partial charge is 0.236 e. The summed E-state index contributed by atoms with van der Waals surface area (Å²) in [4.78, 5) is 10.5. The van der Waals surface area contributed by atoms with E-state index in [9.17, 15) is 4.79 Å². The molecule has 0 aliphatic carbocycles. The van der Waals surface area contributed by atoms with Crippen LogP contribution in [0.2, 0.25) is 0 Å². The fourth-order valence-electron chi connectivity index (χ4n) is 1.10. The Morgan fingerprint density at radius 3 is 2.67 bits per heavy atom. The molecule has 0 unspecified atom stereocenters. The van der Waals surface area contributed by atoms with Gasteiger partial charge in [-0.3, -0.25) is 4.79 Å². The van der Waals surface area contributed by atoms with Gasteiger partial charge in [0.15, 0.2) is 0 Å². The number of nitrogens with zero attached hydrogens (tertiary/aromatic N) is 2. The molecule has 15 heavy (non-hydrogen) atoms. The Balaban J connectivity index is 3.04. The Kier molecular flexibility index (Phi) is 3.26. The van der Waals surface area contributed by atoms with E-state index in [1.165, 1.54) is 6.07 Å². The highest BCUT2D eigenvalue weighted by molar-refractivity contribution is 5.79. The topological polar surface area (TPSA) is 103 Å². The van der Waals surface area contributed by atoms with Crippen molar-refractivity contribution in [1.29, 1.82) is 10.5 Å². The van der Waals surface area contributed by atoms with E-state index in [1.54, 1.807) is 12.1 Å². The van der Waals surface area contributed by atoms with Crippen molar-refractivity contribution in [1.82, 2.24) is 0 Å². The molecule has 0 bridgehead atoms. The molecular weight excluding hydrogens is 192 g/mol. The first-order chi connectivity index (χ1) is 7.19. The summed E-state index contributed by atoms with van der Waals surface area (Å²) >= 11 is 0. The van der Waals surface area contributed by atoms with Crippen LogP contribution in [0.1, 0.15) is 11.1 Å². The number of hydrogen-bond acceptors (Lipinski definition) is 4. The maximum absolute atomic E-state index is 10.5. The minimum atomic E-state index is -0.527. The Bertz CT molecular complexity index is 467. The molecule has 1 rings (SSSR count). The first-order valence-electron chi connectivity index (χ1n) is 4.14. The second kappa shape index (κ2) is 4.64. The zero-order valence-electron chi connectivity index (χ0n) is 7.82. The molecule has 0 aromatic heterocycles. The number of nitrogens with two attached hydrogens (primary N) is 1. The molecule has 0 spiro atoms. The Hall–Kier alpha value is -2.53. The van der Waals surface area contributed by atoms with E-state index in [-0.39, 0.29) is 17.7 Å². The van der Waals surface area contributed by atoms with Crippen molar-refractivity contribution in [3.63, 3.8) is 0 Å². The van der Waals surface area contributed by atoms with E-state index in [4.69, 9.17) is 16.3 Å². The maximum atomic E-state index is 10.5. The second-order valence-electron chi connectivity index (χ2n) is 2.77. The number of benzene rings is 1. The summed E-state index contributed by atoms with van der Waals surface area (Å²) in [5.74, 6) is -0.527. The predicted octanol–water partition coefficient (Wildman–Crippen LogP) is 0.327. The lowest BCUT2D eigenvalue weighted by atomic mass is 10.1. The van der Waals surface area contributed by atoms with Gasteiger partial charge in [-0.25, -0.2) is 0 Å². The normalized spacial score (nSPS) is 8.67. The highest BCUT2D eigenvalue weighted by Gasteiger charge is 2.07. The Morgan fingerprint density at radius 1 is 1.40 bits per heavy atom. The molecule has 0 radical (unpaired) electrons. The number of amides is 1. The summed E-state index contributed by atoms with van der Waals surface area (Å²) in [6, 6.07) is 8.57. The van der Waals surface area contributed by atoms with Crippen LogP contribution in [-0.2, 0) is 4.79 Å². The lowest BCUT2D eigenvalue weighted by Gasteiger charge is -2.06. The van der Waals surface area contributed by atoms with Crippen LogP contribution >= 0.6 is 0 Å². The van der Waals surface area contributed by atoms with Gasteiger partial charge >= 0.3 is 0 Å². The van der Waals surface area contributed by atoms with Gasteiger partial charge in [0.25, 0.3) is 0 Å². The third-order valence-electron chi connectivity index (χ3n) is 1.75. The number of rotatable bonds is 3. The van der Waals surface area contributed by atoms with Gasteiger partial charge in [0.1, 0.15) is 12.1 Å². The van der Waals surface area contributed by atoms with Crippen LogP contribution in [-0.4, -0.2) is 12.5 Å². The first kappa shape index (κ1) is 10.6. The Labute approximate surface area is 86.7 Å². The van der Waals surface area contributed by atoms with Gasteiger partial charge in [-0.2, -0.15) is 10.5 Å². The van der Waals surface area contributed by atoms with Gasteiger partial charge in [0.2, 0.25) is 5.91 Å². The van der Waals surface area contributed by atoms with Gasteiger partial charge in [0, 0.05) is 0 Å². The first-order valence-corrected chi connectivity index (χ1v) is 4.14. The van der Waals surface area contributed by atoms with Gasteiger partial charge < -0.3 is 11.1 Å². The van der Waals surface area contributed by atoms with Gasteiger partial charge in [-0.1, -0.05) is 6.07 Å². The van der Waals surface area contributed by atoms with Crippen LogP contribution in [0, 0.1) is 22.7 Å². The van der Waals surface area contributed by atoms with E-state index in [0.717, 1.165) is 0 Å². The van der Waals surface area contributed by atoms with Crippen LogP contribution in [0.3, 0.4) is 0 Å². The van der Waals surface area contributed by atoms with E-state index in [0.29, 0.717) is 5.69 Å². The maximum Gasteiger partial charge on any atom is 0.236 e. The molecule has 74 valence electrons. The monoisotopic (exact) mass is 200 g/mol. The van der Waals surface area contributed by atoms with Crippen LogP contribution in [0.15, 0.2) is 18.2 Å². The average Bonchev–Trinajstić information content (AvgIpc) is 2.25. The predicted molar refractivity (Wildman–Crippen MR) is 53.6 cm³/mol. The van der Waals surface area contributed by atoms with E-state index >= 15 is 0 Å². The number of nitriles is 2. The summed E-state index contributed by atoms with van der Waals surface area (Å²) in [5, 5.41) is 20.3. The molecule has 5 heteroatoms. The van der Waals surface area contributed by atoms with Crippen molar-refractivity contribution in [2.24, 2.45) is 5.73 Å². The Morgan fingerprint density at radius 2 is 2.13 bits per heavy atom. The standard InChI is InChI=1S/C10H8N4O/c11-4-7-2-1-3-9(8(7)5-12)14-6-10(13)15/h1-3,14H,6H2,(H2,13,15). The summed E-state index contributed by atoms with van der Waals surface area (Å²) in [7, 11) is 0. The second-order valence-corrected chi connectivity index (χ2v) is 2.77. The quantitative estimate of drug-likeness (QED) is 0.733. The fraction of sp³-hybridized carbons (Fsp3) is 0.100. The molecule has 3 N–H and O–H groups in total. The van der Waals surface area contributed by atoms with Gasteiger partial charge in [0.05, 0.1) is 23.4 Å². The number of carbonyl (C=O) groups is 1. The third kappa shape index (κ3) is 2.45. The molecule has 0 saturated heterocycles. The van der Waals surface area contributed by atoms with Crippen molar-refractivity contribution >= 4 is 11.6 Å². The largest absolute Gasteiger partial charge is 0.375 e. The summed E-state index contributed by atoms with van der Waals surface area (Å²) < 4.78 is 0. The molecule has 1 aromatic carbocycles. The van der Waals surface area contributed by atoms with Crippen molar-refractivity contribution in [3.05, 3.63) is 29.3 Å². The van der Waals surface area contributed by atoms with Gasteiger partial charge in [-0.05, 0) is 12.1 Å². The minimum absolute atomic E-state index is 0.0659. The fourth-order valence-corrected chi connectivity index (χ4v) is 1.10. The number of nitrogens with one attached hydrogen (secondary N) is 1. The molecule has 0 fully saturated rings. The lowest BCUT2D eigenvalue weighted by molar-refractivity contribution is -0.116. The summed E-state index contributed by atoms with van der Waals surface area (Å²) in [6.07, 6.45) is 0. The van der Waals surface area contributed by atoms with Crippen molar-refractivity contribution < 1.29 is 4.79 Å². The summed E-state index contributed by atoms with van der Waals surface area (Å²) in [5.41, 5.74) is 5.89.